The summed E-state index contributed by atoms with van der Waals surface area (Å²) in [7, 11) is 0. The topological polar surface area (TPSA) is 104 Å². The molecule has 1 aliphatic carbocycles. The Kier molecular flexibility index (Phi) is 4.05. The van der Waals surface area contributed by atoms with Gasteiger partial charge in [0.05, 0.1) is 18.4 Å². The molecule has 0 radical (unpaired) electrons. The minimum absolute atomic E-state index is 0.00639. The zero-order valence-electron chi connectivity index (χ0n) is 8.13. The molecule has 1 aliphatic rings. The van der Waals surface area contributed by atoms with Crippen molar-refractivity contribution < 1.29 is 29.9 Å². The van der Waals surface area contributed by atoms with Crippen LogP contribution in [0.4, 0.5) is 0 Å². The first-order valence-corrected chi connectivity index (χ1v) is 4.76. The van der Waals surface area contributed by atoms with Crippen LogP contribution >= 0.6 is 0 Å². The quantitative estimate of drug-likeness (QED) is 0.473. The zero-order valence-corrected chi connectivity index (χ0v) is 8.13. The lowest BCUT2D eigenvalue weighted by Gasteiger charge is -2.29. The first-order chi connectivity index (χ1) is 7.04. The van der Waals surface area contributed by atoms with Gasteiger partial charge in [-0.2, -0.15) is 0 Å². The molecule has 2 unspecified atom stereocenters. The summed E-state index contributed by atoms with van der Waals surface area (Å²) in [5.41, 5.74) is 0. The van der Waals surface area contributed by atoms with Crippen LogP contribution in [-0.2, 0) is 14.5 Å². The fraction of sp³-hybridized carbons (Fsp3) is 0.778. The van der Waals surface area contributed by atoms with Gasteiger partial charge in [-0.05, 0) is 25.2 Å². The van der Waals surface area contributed by atoms with Gasteiger partial charge in [-0.25, -0.2) is 4.89 Å². The molecule has 0 aromatic carbocycles. The molecule has 3 N–H and O–H groups in total. The molecule has 2 atom stereocenters. The molecular weight excluding hydrogens is 204 g/mol. The van der Waals surface area contributed by atoms with Crippen LogP contribution in [-0.4, -0.2) is 34.0 Å². The highest BCUT2D eigenvalue weighted by Crippen LogP contribution is 2.33. The van der Waals surface area contributed by atoms with Gasteiger partial charge in [-0.3, -0.25) is 14.8 Å². The zero-order chi connectivity index (χ0) is 11.4. The lowest BCUT2D eigenvalue weighted by Crippen LogP contribution is -2.33. The van der Waals surface area contributed by atoms with Gasteiger partial charge in [0.1, 0.15) is 0 Å². The van der Waals surface area contributed by atoms with E-state index >= 15 is 0 Å². The predicted octanol–water partition coefficient (Wildman–Crippen LogP) is 0.678. The monoisotopic (exact) mass is 218 g/mol. The maximum atomic E-state index is 10.8. The van der Waals surface area contributed by atoms with Crippen LogP contribution in [0.15, 0.2) is 0 Å². The van der Waals surface area contributed by atoms with E-state index in [9.17, 15) is 9.59 Å². The van der Waals surface area contributed by atoms with Gasteiger partial charge in [0.25, 0.3) is 0 Å². The average Bonchev–Trinajstić information content (AvgIpc) is 2.17. The number of carboxylic acids is 2. The summed E-state index contributed by atoms with van der Waals surface area (Å²) in [5, 5.41) is 25.9. The smallest absolute Gasteiger partial charge is 0.306 e. The van der Waals surface area contributed by atoms with Crippen LogP contribution in [0.2, 0.25) is 0 Å². The van der Waals surface area contributed by atoms with Gasteiger partial charge >= 0.3 is 11.9 Å². The molecule has 0 aromatic heterocycles. The first kappa shape index (κ1) is 11.9. The van der Waals surface area contributed by atoms with Crippen LogP contribution in [0.5, 0.6) is 0 Å². The minimum Gasteiger partial charge on any atom is -0.481 e. The normalized spacial score (nSPS) is 31.1. The highest BCUT2D eigenvalue weighted by molar-refractivity contribution is 5.74. The molecule has 86 valence electrons. The van der Waals surface area contributed by atoms with Crippen LogP contribution in [0.1, 0.15) is 19.3 Å². The van der Waals surface area contributed by atoms with E-state index in [1.165, 1.54) is 0 Å². The van der Waals surface area contributed by atoms with E-state index < -0.39 is 23.8 Å². The SMILES string of the molecule is O=C(O)C1CC(COO)CC(C(=O)O)C1. The van der Waals surface area contributed by atoms with Crippen molar-refractivity contribution in [2.75, 3.05) is 6.61 Å². The fourth-order valence-corrected chi connectivity index (χ4v) is 2.08. The van der Waals surface area contributed by atoms with Crippen LogP contribution in [0.3, 0.4) is 0 Å². The van der Waals surface area contributed by atoms with Crippen molar-refractivity contribution in [2.24, 2.45) is 17.8 Å². The summed E-state index contributed by atoms with van der Waals surface area (Å²) in [6.07, 6.45) is 0.881. The number of hydrogen-bond donors (Lipinski definition) is 3. The van der Waals surface area contributed by atoms with Gasteiger partial charge in [-0.1, -0.05) is 0 Å². The molecule has 0 aromatic rings. The Bertz CT molecular complexity index is 229. The molecule has 0 aliphatic heterocycles. The summed E-state index contributed by atoms with van der Waals surface area (Å²) in [6.45, 7) is -0.00639. The van der Waals surface area contributed by atoms with Crippen molar-refractivity contribution >= 4 is 11.9 Å². The van der Waals surface area contributed by atoms with Crippen molar-refractivity contribution in [1.82, 2.24) is 0 Å². The summed E-state index contributed by atoms with van der Waals surface area (Å²) in [6, 6.07) is 0. The second-order valence-corrected chi connectivity index (χ2v) is 3.94. The second-order valence-electron chi connectivity index (χ2n) is 3.94. The first-order valence-electron chi connectivity index (χ1n) is 4.76. The Balaban J connectivity index is 2.64. The molecule has 0 saturated heterocycles. The van der Waals surface area contributed by atoms with E-state index in [-0.39, 0.29) is 18.9 Å². The van der Waals surface area contributed by atoms with Crippen molar-refractivity contribution in [3.8, 4) is 0 Å². The highest BCUT2D eigenvalue weighted by Gasteiger charge is 2.36. The van der Waals surface area contributed by atoms with Crippen molar-refractivity contribution in [3.05, 3.63) is 0 Å². The Morgan fingerprint density at radius 2 is 1.53 bits per heavy atom. The predicted molar refractivity (Wildman–Crippen MR) is 48.2 cm³/mol. The van der Waals surface area contributed by atoms with Gasteiger partial charge < -0.3 is 10.2 Å². The van der Waals surface area contributed by atoms with Crippen molar-refractivity contribution in [1.29, 1.82) is 0 Å². The Morgan fingerprint density at radius 1 is 1.07 bits per heavy atom. The molecule has 1 fully saturated rings. The molecule has 6 heteroatoms. The Morgan fingerprint density at radius 3 is 1.87 bits per heavy atom. The minimum atomic E-state index is -0.983. The summed E-state index contributed by atoms with van der Waals surface area (Å²) >= 11 is 0. The molecule has 0 amide bonds. The van der Waals surface area contributed by atoms with Gasteiger partial charge in [0.2, 0.25) is 0 Å². The van der Waals surface area contributed by atoms with Crippen molar-refractivity contribution in [3.63, 3.8) is 0 Å². The maximum Gasteiger partial charge on any atom is 0.306 e. The number of carboxylic acid groups (broad SMARTS) is 2. The summed E-state index contributed by atoms with van der Waals surface area (Å²) in [5.74, 6) is -3.47. The van der Waals surface area contributed by atoms with Gasteiger partial charge in [-0.15, -0.1) is 0 Å². The van der Waals surface area contributed by atoms with Crippen molar-refractivity contribution in [2.45, 2.75) is 19.3 Å². The molecule has 1 saturated carbocycles. The van der Waals surface area contributed by atoms with E-state index in [1.807, 2.05) is 0 Å². The molecule has 0 heterocycles. The van der Waals surface area contributed by atoms with Crippen LogP contribution in [0, 0.1) is 17.8 Å². The molecule has 15 heavy (non-hydrogen) atoms. The average molecular weight is 218 g/mol. The summed E-state index contributed by atoms with van der Waals surface area (Å²) < 4.78 is 0. The molecular formula is C9H14O6. The van der Waals surface area contributed by atoms with Crippen LogP contribution in [0.25, 0.3) is 0 Å². The third-order valence-corrected chi connectivity index (χ3v) is 2.81. The van der Waals surface area contributed by atoms with Crippen LogP contribution < -0.4 is 0 Å². The van der Waals surface area contributed by atoms with E-state index in [0.717, 1.165) is 0 Å². The standard InChI is InChI=1S/C9H14O6/c10-8(11)6-1-5(4-15-14)2-7(3-6)9(12)13/h5-7,14H,1-4H2,(H,10,11)(H,12,13). The van der Waals surface area contributed by atoms with E-state index in [0.29, 0.717) is 12.8 Å². The fourth-order valence-electron chi connectivity index (χ4n) is 2.08. The largest absolute Gasteiger partial charge is 0.481 e. The summed E-state index contributed by atoms with van der Waals surface area (Å²) in [4.78, 5) is 25.5. The van der Waals surface area contributed by atoms with E-state index in [4.69, 9.17) is 15.5 Å². The molecule has 0 bridgehead atoms. The van der Waals surface area contributed by atoms with E-state index in [2.05, 4.69) is 4.89 Å². The third-order valence-electron chi connectivity index (χ3n) is 2.81. The number of rotatable bonds is 4. The number of hydrogen-bond acceptors (Lipinski definition) is 4. The van der Waals surface area contributed by atoms with Gasteiger partial charge in [0, 0.05) is 0 Å². The Hall–Kier alpha value is -1.14. The van der Waals surface area contributed by atoms with Gasteiger partial charge in [0.15, 0.2) is 0 Å². The lowest BCUT2D eigenvalue weighted by molar-refractivity contribution is -0.254. The third kappa shape index (κ3) is 3.17. The number of aliphatic carboxylic acids is 2. The number of carbonyl (C=O) groups is 2. The Labute approximate surface area is 86.4 Å². The molecule has 1 rings (SSSR count). The second kappa shape index (κ2) is 5.09. The maximum absolute atomic E-state index is 10.8. The lowest BCUT2D eigenvalue weighted by atomic mass is 9.75. The molecule has 0 spiro atoms. The van der Waals surface area contributed by atoms with E-state index in [1.54, 1.807) is 0 Å². The highest BCUT2D eigenvalue weighted by atomic mass is 17.1. The molecule has 6 nitrogen and oxygen atoms in total.